The molecular weight excluding hydrogens is 352 g/mol. The Morgan fingerprint density at radius 1 is 1.23 bits per heavy atom. The van der Waals surface area contributed by atoms with Gasteiger partial charge in [-0.3, -0.25) is 4.79 Å². The third-order valence-electron chi connectivity index (χ3n) is 4.16. The summed E-state index contributed by atoms with van der Waals surface area (Å²) in [4.78, 5) is 12.5. The summed E-state index contributed by atoms with van der Waals surface area (Å²) in [6, 6.07) is 12.9. The van der Waals surface area contributed by atoms with E-state index < -0.39 is 0 Å². The number of furan rings is 1. The SMILES string of the molecule is Cc1cc(C(=O)NCCOc2cccc(Cl)c2)c(C)n1Cc1ccco1. The Balaban J connectivity index is 1.56. The fourth-order valence-corrected chi connectivity index (χ4v) is 3.00. The molecule has 6 heteroatoms. The molecule has 0 saturated heterocycles. The zero-order valence-electron chi connectivity index (χ0n) is 14.8. The molecule has 0 saturated carbocycles. The van der Waals surface area contributed by atoms with Crippen LogP contribution in [0.15, 0.2) is 53.1 Å². The van der Waals surface area contributed by atoms with Gasteiger partial charge in [0.25, 0.3) is 5.91 Å². The van der Waals surface area contributed by atoms with E-state index in [2.05, 4.69) is 9.88 Å². The highest BCUT2D eigenvalue weighted by Crippen LogP contribution is 2.18. The first-order valence-electron chi connectivity index (χ1n) is 8.40. The van der Waals surface area contributed by atoms with Crippen LogP contribution in [0.5, 0.6) is 5.75 Å². The highest BCUT2D eigenvalue weighted by Gasteiger charge is 2.16. The highest BCUT2D eigenvalue weighted by molar-refractivity contribution is 6.30. The van der Waals surface area contributed by atoms with Gasteiger partial charge in [0.05, 0.1) is 24.9 Å². The zero-order valence-corrected chi connectivity index (χ0v) is 15.5. The van der Waals surface area contributed by atoms with Crippen LogP contribution in [0.25, 0.3) is 0 Å². The molecule has 0 fully saturated rings. The van der Waals surface area contributed by atoms with Crippen molar-refractivity contribution in [2.75, 3.05) is 13.2 Å². The van der Waals surface area contributed by atoms with Crippen molar-refractivity contribution in [3.63, 3.8) is 0 Å². The van der Waals surface area contributed by atoms with Gasteiger partial charge < -0.3 is 19.0 Å². The van der Waals surface area contributed by atoms with Gasteiger partial charge >= 0.3 is 0 Å². The van der Waals surface area contributed by atoms with Crippen LogP contribution in [0, 0.1) is 13.8 Å². The molecule has 26 heavy (non-hydrogen) atoms. The lowest BCUT2D eigenvalue weighted by molar-refractivity contribution is 0.0946. The molecular formula is C20H21ClN2O3. The molecule has 1 amide bonds. The number of ether oxygens (including phenoxy) is 1. The Labute approximate surface area is 157 Å². The largest absolute Gasteiger partial charge is 0.492 e. The summed E-state index contributed by atoms with van der Waals surface area (Å²) in [7, 11) is 0. The van der Waals surface area contributed by atoms with E-state index in [0.717, 1.165) is 17.1 Å². The number of amides is 1. The van der Waals surface area contributed by atoms with E-state index in [4.69, 9.17) is 20.8 Å². The van der Waals surface area contributed by atoms with Gasteiger partial charge in [-0.05, 0) is 50.2 Å². The minimum absolute atomic E-state index is 0.113. The number of hydrogen-bond acceptors (Lipinski definition) is 3. The summed E-state index contributed by atoms with van der Waals surface area (Å²) in [6.45, 7) is 5.31. The standard InChI is InChI=1S/C20H21ClN2O3/c1-14-11-19(15(2)23(14)13-18-7-4-9-25-18)20(24)22-8-10-26-17-6-3-5-16(21)12-17/h3-7,9,11-12H,8,10,13H2,1-2H3,(H,22,24). The van der Waals surface area contributed by atoms with Crippen molar-refractivity contribution >= 4 is 17.5 Å². The summed E-state index contributed by atoms with van der Waals surface area (Å²) < 4.78 is 13.1. The van der Waals surface area contributed by atoms with Crippen molar-refractivity contribution in [2.45, 2.75) is 20.4 Å². The number of halogens is 1. The number of nitrogens with one attached hydrogen (secondary N) is 1. The number of aryl methyl sites for hydroxylation is 1. The first-order valence-corrected chi connectivity index (χ1v) is 8.78. The third kappa shape index (κ3) is 4.29. The van der Waals surface area contributed by atoms with Gasteiger partial charge in [0.15, 0.2) is 0 Å². The van der Waals surface area contributed by atoms with Crippen LogP contribution in [-0.4, -0.2) is 23.6 Å². The smallest absolute Gasteiger partial charge is 0.253 e. The molecule has 0 atom stereocenters. The number of hydrogen-bond donors (Lipinski definition) is 1. The molecule has 0 bridgehead atoms. The van der Waals surface area contributed by atoms with Crippen LogP contribution in [0.3, 0.4) is 0 Å². The summed E-state index contributed by atoms with van der Waals surface area (Å²) in [5.41, 5.74) is 2.59. The second-order valence-electron chi connectivity index (χ2n) is 6.01. The van der Waals surface area contributed by atoms with Crippen LogP contribution in [0.1, 0.15) is 27.5 Å². The number of benzene rings is 1. The van der Waals surface area contributed by atoms with Crippen LogP contribution in [0.4, 0.5) is 0 Å². The molecule has 2 heterocycles. The molecule has 3 aromatic rings. The molecule has 3 rings (SSSR count). The minimum Gasteiger partial charge on any atom is -0.492 e. The Bertz CT molecular complexity index is 885. The van der Waals surface area contributed by atoms with E-state index in [-0.39, 0.29) is 5.91 Å². The van der Waals surface area contributed by atoms with Gasteiger partial charge in [-0.15, -0.1) is 0 Å². The molecule has 0 radical (unpaired) electrons. The molecule has 0 aliphatic carbocycles. The van der Waals surface area contributed by atoms with Crippen molar-refractivity contribution in [1.82, 2.24) is 9.88 Å². The maximum absolute atomic E-state index is 12.5. The normalized spacial score (nSPS) is 10.7. The van der Waals surface area contributed by atoms with Crippen molar-refractivity contribution < 1.29 is 13.9 Å². The summed E-state index contributed by atoms with van der Waals surface area (Å²) in [6.07, 6.45) is 1.65. The molecule has 2 aromatic heterocycles. The Morgan fingerprint density at radius 2 is 2.08 bits per heavy atom. The Hall–Kier alpha value is -2.66. The van der Waals surface area contributed by atoms with Crippen LogP contribution in [-0.2, 0) is 6.54 Å². The van der Waals surface area contributed by atoms with Gasteiger partial charge in [-0.1, -0.05) is 17.7 Å². The minimum atomic E-state index is -0.113. The van der Waals surface area contributed by atoms with E-state index in [0.29, 0.717) is 36.0 Å². The number of aromatic nitrogens is 1. The maximum atomic E-state index is 12.5. The van der Waals surface area contributed by atoms with E-state index >= 15 is 0 Å². The van der Waals surface area contributed by atoms with E-state index in [1.807, 2.05) is 44.2 Å². The van der Waals surface area contributed by atoms with Crippen LogP contribution < -0.4 is 10.1 Å². The molecule has 1 aromatic carbocycles. The predicted molar refractivity (Wildman–Crippen MR) is 101 cm³/mol. The second-order valence-corrected chi connectivity index (χ2v) is 6.45. The summed E-state index contributed by atoms with van der Waals surface area (Å²) >= 11 is 5.91. The maximum Gasteiger partial charge on any atom is 0.253 e. The van der Waals surface area contributed by atoms with Crippen LogP contribution in [0.2, 0.25) is 5.02 Å². The van der Waals surface area contributed by atoms with E-state index in [1.165, 1.54) is 0 Å². The number of nitrogens with zero attached hydrogens (tertiary/aromatic N) is 1. The second kappa shape index (κ2) is 8.15. The lowest BCUT2D eigenvalue weighted by atomic mass is 10.2. The quantitative estimate of drug-likeness (QED) is 0.632. The molecule has 0 spiro atoms. The van der Waals surface area contributed by atoms with Crippen molar-refractivity contribution in [1.29, 1.82) is 0 Å². The Kier molecular flexibility index (Phi) is 5.68. The number of rotatable bonds is 7. The van der Waals surface area contributed by atoms with Crippen molar-refractivity contribution in [3.05, 3.63) is 76.5 Å². The summed E-state index contributed by atoms with van der Waals surface area (Å²) in [5, 5.41) is 3.51. The average molecular weight is 373 g/mol. The topological polar surface area (TPSA) is 56.4 Å². The highest BCUT2D eigenvalue weighted by atomic mass is 35.5. The molecule has 5 nitrogen and oxygen atoms in total. The van der Waals surface area contributed by atoms with Gasteiger partial charge in [-0.2, -0.15) is 0 Å². The van der Waals surface area contributed by atoms with Crippen molar-refractivity contribution in [2.24, 2.45) is 0 Å². The fourth-order valence-electron chi connectivity index (χ4n) is 2.82. The number of carbonyl (C=O) groups excluding carboxylic acids is 1. The monoisotopic (exact) mass is 372 g/mol. The predicted octanol–water partition coefficient (Wildman–Crippen LogP) is 4.21. The molecule has 0 aliphatic heterocycles. The first kappa shape index (κ1) is 18.1. The summed E-state index contributed by atoms with van der Waals surface area (Å²) in [5.74, 6) is 1.43. The molecule has 136 valence electrons. The van der Waals surface area contributed by atoms with Gasteiger partial charge in [0, 0.05) is 16.4 Å². The lowest BCUT2D eigenvalue weighted by Crippen LogP contribution is -2.28. The molecule has 1 N–H and O–H groups in total. The molecule has 0 aliphatic rings. The van der Waals surface area contributed by atoms with Gasteiger partial charge in [0.2, 0.25) is 0 Å². The van der Waals surface area contributed by atoms with Gasteiger partial charge in [0.1, 0.15) is 18.1 Å². The van der Waals surface area contributed by atoms with Crippen molar-refractivity contribution in [3.8, 4) is 5.75 Å². The molecule has 0 unspecified atom stereocenters. The van der Waals surface area contributed by atoms with E-state index in [1.54, 1.807) is 18.4 Å². The fraction of sp³-hybridized carbons (Fsp3) is 0.250. The van der Waals surface area contributed by atoms with Gasteiger partial charge in [-0.25, -0.2) is 0 Å². The lowest BCUT2D eigenvalue weighted by Gasteiger charge is -2.09. The van der Waals surface area contributed by atoms with E-state index in [9.17, 15) is 4.79 Å². The first-order chi connectivity index (χ1) is 12.5. The zero-order chi connectivity index (χ0) is 18.5. The average Bonchev–Trinajstić information content (AvgIpc) is 3.22. The number of carbonyl (C=O) groups is 1. The Morgan fingerprint density at radius 3 is 2.81 bits per heavy atom. The third-order valence-corrected chi connectivity index (χ3v) is 4.40. The van der Waals surface area contributed by atoms with Crippen LogP contribution >= 0.6 is 11.6 Å².